The number of benzene rings is 1. The molecule has 1 heterocycles. The van der Waals surface area contributed by atoms with Crippen molar-refractivity contribution in [3.8, 4) is 6.07 Å². The summed E-state index contributed by atoms with van der Waals surface area (Å²) < 4.78 is 0.731. The van der Waals surface area contributed by atoms with E-state index in [9.17, 15) is 19.5 Å². The van der Waals surface area contributed by atoms with Gasteiger partial charge in [0.2, 0.25) is 0 Å². The first-order valence-electron chi connectivity index (χ1n) is 6.49. The molecule has 0 spiro atoms. The molecule has 2 rings (SSSR count). The summed E-state index contributed by atoms with van der Waals surface area (Å²) >= 11 is 0. The molecule has 0 saturated carbocycles. The molecule has 1 aromatic heterocycles. The van der Waals surface area contributed by atoms with Gasteiger partial charge >= 0.3 is 5.97 Å². The topological polar surface area (TPSA) is 139 Å². The van der Waals surface area contributed by atoms with Crippen molar-refractivity contribution < 1.29 is 14.7 Å². The number of nitrogens with two attached hydrogens (primary N) is 1. The van der Waals surface area contributed by atoms with Gasteiger partial charge in [-0.3, -0.25) is 9.59 Å². The van der Waals surface area contributed by atoms with Crippen LogP contribution in [-0.2, 0) is 11.3 Å². The van der Waals surface area contributed by atoms with Crippen LogP contribution in [0.4, 0.5) is 0 Å². The lowest BCUT2D eigenvalue weighted by molar-refractivity contribution is -0.116. The third-order valence-corrected chi connectivity index (χ3v) is 3.15. The van der Waals surface area contributed by atoms with E-state index in [1.54, 1.807) is 18.2 Å². The highest BCUT2D eigenvalue weighted by Gasteiger charge is 2.19. The molecule has 0 bridgehead atoms. The van der Waals surface area contributed by atoms with Crippen LogP contribution in [-0.4, -0.2) is 26.6 Å². The Balaban J connectivity index is 2.64. The molecule has 0 fully saturated rings. The van der Waals surface area contributed by atoms with E-state index in [4.69, 9.17) is 11.0 Å². The van der Waals surface area contributed by atoms with Gasteiger partial charge in [0.1, 0.15) is 18.2 Å². The predicted molar refractivity (Wildman–Crippen MR) is 80.5 cm³/mol. The van der Waals surface area contributed by atoms with Gasteiger partial charge in [0.25, 0.3) is 5.56 Å². The highest BCUT2D eigenvalue weighted by atomic mass is 16.4. The molecule has 0 aliphatic heterocycles. The molecule has 8 heteroatoms. The number of carbonyl (C=O) groups excluding carboxylic acids is 1. The molecule has 0 radical (unpaired) electrons. The van der Waals surface area contributed by atoms with E-state index < -0.39 is 23.9 Å². The third-order valence-electron chi connectivity index (χ3n) is 3.15. The van der Waals surface area contributed by atoms with Crippen molar-refractivity contribution in [3.63, 3.8) is 0 Å². The highest BCUT2D eigenvalue weighted by Crippen LogP contribution is 2.13. The summed E-state index contributed by atoms with van der Waals surface area (Å²) in [6.45, 7) is 0.817. The monoisotopic (exact) mass is 312 g/mol. The fourth-order valence-corrected chi connectivity index (χ4v) is 2.09. The molecule has 0 aliphatic carbocycles. The van der Waals surface area contributed by atoms with Gasteiger partial charge in [0.15, 0.2) is 11.5 Å². The number of ketones is 1. The van der Waals surface area contributed by atoms with E-state index in [1.165, 1.54) is 19.1 Å². The Hall–Kier alpha value is -3.47. The number of rotatable bonds is 4. The fraction of sp³-hybridized carbons (Fsp3) is 0.133. The average molecular weight is 312 g/mol. The first kappa shape index (κ1) is 15.9. The lowest BCUT2D eigenvalue weighted by Gasteiger charge is -2.08. The van der Waals surface area contributed by atoms with E-state index in [2.05, 4.69) is 5.10 Å². The maximum absolute atomic E-state index is 12.3. The number of hydrogen-bond donors (Lipinski definition) is 2. The molecule has 116 valence electrons. The smallest absolute Gasteiger partial charge is 0.357 e. The summed E-state index contributed by atoms with van der Waals surface area (Å²) in [4.78, 5) is 35.7. The first-order chi connectivity index (χ1) is 10.9. The zero-order valence-electron chi connectivity index (χ0n) is 12.1. The van der Waals surface area contributed by atoms with E-state index in [1.807, 2.05) is 0 Å². The van der Waals surface area contributed by atoms with Crippen LogP contribution < -0.4 is 11.3 Å². The Bertz CT molecular complexity index is 946. The summed E-state index contributed by atoms with van der Waals surface area (Å²) in [7, 11) is 0. The van der Waals surface area contributed by atoms with Crippen molar-refractivity contribution >= 4 is 22.5 Å². The summed E-state index contributed by atoms with van der Waals surface area (Å²) in [6.07, 6.45) is 0. The van der Waals surface area contributed by atoms with Crippen molar-refractivity contribution in [1.29, 1.82) is 5.26 Å². The van der Waals surface area contributed by atoms with Crippen LogP contribution in [0.3, 0.4) is 0 Å². The second-order valence-corrected chi connectivity index (χ2v) is 4.76. The predicted octanol–water partition coefficient (Wildman–Crippen LogP) is 0.420. The number of allylic oxidation sites excluding steroid dienone is 2. The Morgan fingerprint density at radius 1 is 1.35 bits per heavy atom. The third kappa shape index (κ3) is 2.94. The first-order valence-corrected chi connectivity index (χ1v) is 6.49. The number of nitriles is 1. The quantitative estimate of drug-likeness (QED) is 0.616. The molecule has 0 amide bonds. The van der Waals surface area contributed by atoms with Gasteiger partial charge in [-0.05, 0) is 13.0 Å². The van der Waals surface area contributed by atoms with Gasteiger partial charge in [-0.1, -0.05) is 18.2 Å². The van der Waals surface area contributed by atoms with Gasteiger partial charge in [0, 0.05) is 11.1 Å². The van der Waals surface area contributed by atoms with Crippen molar-refractivity contribution in [2.24, 2.45) is 5.73 Å². The number of fused-ring (bicyclic) bond motifs is 1. The van der Waals surface area contributed by atoms with Gasteiger partial charge in [-0.25, -0.2) is 9.48 Å². The molecule has 0 aliphatic rings. The molecule has 23 heavy (non-hydrogen) atoms. The van der Waals surface area contributed by atoms with Crippen LogP contribution in [0, 0.1) is 11.3 Å². The van der Waals surface area contributed by atoms with E-state index >= 15 is 0 Å². The van der Waals surface area contributed by atoms with Crippen LogP contribution in [0.5, 0.6) is 0 Å². The minimum Gasteiger partial charge on any atom is -0.476 e. The van der Waals surface area contributed by atoms with Crippen molar-refractivity contribution in [2.75, 3.05) is 0 Å². The number of carboxylic acids is 1. The van der Waals surface area contributed by atoms with Crippen LogP contribution >= 0.6 is 0 Å². The van der Waals surface area contributed by atoms with Gasteiger partial charge < -0.3 is 10.8 Å². The molecular weight excluding hydrogens is 300 g/mol. The maximum Gasteiger partial charge on any atom is 0.357 e. The zero-order chi connectivity index (χ0) is 17.1. The second kappa shape index (κ2) is 6.11. The Kier molecular flexibility index (Phi) is 4.23. The maximum atomic E-state index is 12.3. The van der Waals surface area contributed by atoms with E-state index in [0.29, 0.717) is 0 Å². The van der Waals surface area contributed by atoms with E-state index in [0.717, 1.165) is 4.68 Å². The number of Topliss-reactive ketones (excluding diaryl/α,β-unsaturated/α-hetero) is 1. The summed E-state index contributed by atoms with van der Waals surface area (Å²) in [5.41, 5.74) is 4.21. The van der Waals surface area contributed by atoms with Crippen molar-refractivity contribution in [3.05, 3.63) is 51.6 Å². The molecule has 2 aromatic rings. The number of hydrogen-bond acceptors (Lipinski definition) is 6. The molecule has 8 nitrogen and oxygen atoms in total. The van der Waals surface area contributed by atoms with Crippen molar-refractivity contribution in [1.82, 2.24) is 9.78 Å². The minimum absolute atomic E-state index is 0.0183. The normalized spacial score (nSPS) is 11.7. The molecular formula is C15H12N4O4. The van der Waals surface area contributed by atoms with Gasteiger partial charge in [-0.15, -0.1) is 0 Å². The Morgan fingerprint density at radius 3 is 2.48 bits per heavy atom. The summed E-state index contributed by atoms with van der Waals surface area (Å²) in [5.74, 6) is -2.04. The van der Waals surface area contributed by atoms with Crippen LogP contribution in [0.1, 0.15) is 17.4 Å². The van der Waals surface area contributed by atoms with E-state index in [-0.39, 0.29) is 27.7 Å². The molecule has 0 unspecified atom stereocenters. The largest absolute Gasteiger partial charge is 0.476 e. The van der Waals surface area contributed by atoms with Gasteiger partial charge in [0.05, 0.1) is 5.39 Å². The number of aromatic carboxylic acids is 1. The average Bonchev–Trinajstić information content (AvgIpc) is 2.50. The lowest BCUT2D eigenvalue weighted by Crippen LogP contribution is -2.30. The molecule has 1 aromatic carbocycles. The van der Waals surface area contributed by atoms with Crippen LogP contribution in [0.15, 0.2) is 40.3 Å². The highest BCUT2D eigenvalue weighted by molar-refractivity contribution is 6.02. The minimum atomic E-state index is -1.33. The number of carboxylic acid groups (broad SMARTS) is 1. The zero-order valence-corrected chi connectivity index (χ0v) is 12.1. The SMILES string of the molecule is C/C(N)=C(/C#N)C(=O)Cn1nc(C(=O)O)c2ccccc2c1=O. The van der Waals surface area contributed by atoms with Gasteiger partial charge in [-0.2, -0.15) is 10.4 Å². The number of carbonyl (C=O) groups is 2. The second-order valence-electron chi connectivity index (χ2n) is 4.76. The number of aromatic nitrogens is 2. The molecule has 0 saturated heterocycles. The van der Waals surface area contributed by atoms with Crippen molar-refractivity contribution in [2.45, 2.75) is 13.5 Å². The Morgan fingerprint density at radius 2 is 1.96 bits per heavy atom. The number of nitrogens with zero attached hydrogens (tertiary/aromatic N) is 3. The van der Waals surface area contributed by atoms with Crippen LogP contribution in [0.25, 0.3) is 10.8 Å². The molecule has 0 atom stereocenters. The van der Waals surface area contributed by atoms with Crippen LogP contribution in [0.2, 0.25) is 0 Å². The summed E-state index contributed by atoms with van der Waals surface area (Å²) in [6, 6.07) is 7.73. The summed E-state index contributed by atoms with van der Waals surface area (Å²) in [5, 5.41) is 22.2. The lowest BCUT2D eigenvalue weighted by atomic mass is 10.1. The molecule has 3 N–H and O–H groups in total. The Labute approximate surface area is 130 Å². The standard InChI is InChI=1S/C15H12N4O4/c1-8(17)11(6-16)12(20)7-19-14(21)10-5-3-2-4-9(10)13(18-19)15(22)23/h2-5H,7,17H2,1H3,(H,22,23)/b11-8+. The fourth-order valence-electron chi connectivity index (χ4n) is 2.09.